The van der Waals surface area contributed by atoms with Crippen LogP contribution >= 0.6 is 0 Å². The highest BCUT2D eigenvalue weighted by Gasteiger charge is 2.31. The van der Waals surface area contributed by atoms with E-state index in [4.69, 9.17) is 4.74 Å². The largest absolute Gasteiger partial charge is 0.390 e. The summed E-state index contributed by atoms with van der Waals surface area (Å²) in [5.41, 5.74) is 2.91. The lowest BCUT2D eigenvalue weighted by Gasteiger charge is -2.31. The third kappa shape index (κ3) is 4.34. The van der Waals surface area contributed by atoms with Crippen LogP contribution in [-0.4, -0.2) is 74.9 Å². The number of rotatable bonds is 6. The third-order valence-electron chi connectivity index (χ3n) is 6.22. The van der Waals surface area contributed by atoms with E-state index in [-0.39, 0.29) is 11.8 Å². The van der Waals surface area contributed by atoms with Gasteiger partial charge in [-0.1, -0.05) is 0 Å². The lowest BCUT2D eigenvalue weighted by molar-refractivity contribution is 0.0517. The molecule has 0 saturated carbocycles. The first-order valence-electron chi connectivity index (χ1n) is 11.4. The topological polar surface area (TPSA) is 112 Å². The van der Waals surface area contributed by atoms with E-state index < -0.39 is 5.60 Å². The van der Waals surface area contributed by atoms with Crippen molar-refractivity contribution in [3.63, 3.8) is 0 Å². The summed E-state index contributed by atoms with van der Waals surface area (Å²) in [6.07, 6.45) is 5.34. The van der Waals surface area contributed by atoms with E-state index in [2.05, 4.69) is 20.3 Å². The van der Waals surface area contributed by atoms with Crippen molar-refractivity contribution in [3.8, 4) is 0 Å². The van der Waals surface area contributed by atoms with Gasteiger partial charge in [-0.3, -0.25) is 9.59 Å². The third-order valence-corrected chi connectivity index (χ3v) is 6.22. The fraction of sp³-hybridized carbons (Fsp3) is 0.417. The Morgan fingerprint density at radius 2 is 2.06 bits per heavy atom. The Morgan fingerprint density at radius 3 is 2.82 bits per heavy atom. The van der Waals surface area contributed by atoms with E-state index in [0.717, 1.165) is 11.3 Å². The lowest BCUT2D eigenvalue weighted by atomic mass is 10.1. The molecule has 5 rings (SSSR count). The van der Waals surface area contributed by atoms with Crippen LogP contribution in [0.5, 0.6) is 0 Å². The first kappa shape index (κ1) is 22.3. The number of nitrogens with zero attached hydrogens (tertiary/aromatic N) is 5. The predicted octanol–water partition coefficient (Wildman–Crippen LogP) is 1.94. The van der Waals surface area contributed by atoms with Crippen LogP contribution in [0.3, 0.4) is 0 Å². The number of aliphatic hydroxyl groups is 1. The number of ether oxygens (including phenoxy) is 1. The van der Waals surface area contributed by atoms with Crippen LogP contribution in [0.1, 0.15) is 46.5 Å². The van der Waals surface area contributed by atoms with Crippen molar-refractivity contribution in [2.75, 3.05) is 43.1 Å². The van der Waals surface area contributed by atoms with E-state index in [0.29, 0.717) is 68.3 Å². The number of fused-ring (bicyclic) bond motifs is 2. The molecular weight excluding hydrogens is 436 g/mol. The Labute approximate surface area is 197 Å². The normalized spacial score (nSPS) is 16.3. The Kier molecular flexibility index (Phi) is 5.70. The molecule has 10 nitrogen and oxygen atoms in total. The Morgan fingerprint density at radius 1 is 1.26 bits per heavy atom. The summed E-state index contributed by atoms with van der Waals surface area (Å²) in [4.78, 5) is 34.5. The molecule has 10 heteroatoms. The number of nitrogens with one attached hydrogen (secondary N) is 1. The van der Waals surface area contributed by atoms with Crippen LogP contribution in [0.2, 0.25) is 0 Å². The summed E-state index contributed by atoms with van der Waals surface area (Å²) in [6, 6.07) is 5.51. The zero-order valence-corrected chi connectivity index (χ0v) is 19.3. The quantitative estimate of drug-likeness (QED) is 0.573. The van der Waals surface area contributed by atoms with Gasteiger partial charge in [-0.25, -0.2) is 9.50 Å². The van der Waals surface area contributed by atoms with Crippen molar-refractivity contribution in [1.82, 2.24) is 19.5 Å². The van der Waals surface area contributed by atoms with Crippen LogP contribution in [0, 0.1) is 0 Å². The summed E-state index contributed by atoms with van der Waals surface area (Å²) >= 11 is 0. The molecule has 1 fully saturated rings. The van der Waals surface area contributed by atoms with E-state index in [1.807, 2.05) is 12.1 Å². The molecule has 0 aliphatic carbocycles. The number of anilines is 2. The SMILES string of the molecule is CC(C)(O)CCN1Cc2cc(NC(=O)c3cnn4cccnc34)c(N3CCOCC3)cc2C1=O. The molecule has 34 heavy (non-hydrogen) atoms. The summed E-state index contributed by atoms with van der Waals surface area (Å²) < 4.78 is 7.05. The first-order chi connectivity index (χ1) is 16.3. The number of morpholine rings is 1. The molecule has 2 aliphatic heterocycles. The molecule has 0 atom stereocenters. The van der Waals surface area contributed by atoms with Gasteiger partial charge in [0, 0.05) is 44.1 Å². The zero-order chi connectivity index (χ0) is 23.9. The van der Waals surface area contributed by atoms with Gasteiger partial charge >= 0.3 is 0 Å². The first-order valence-corrected chi connectivity index (χ1v) is 11.4. The molecular formula is C24H28N6O4. The summed E-state index contributed by atoms with van der Waals surface area (Å²) in [5.74, 6) is -0.371. The molecule has 2 amide bonds. The monoisotopic (exact) mass is 464 g/mol. The van der Waals surface area contributed by atoms with Crippen LogP contribution in [-0.2, 0) is 11.3 Å². The molecule has 1 saturated heterocycles. The van der Waals surface area contributed by atoms with Crippen molar-refractivity contribution >= 4 is 28.8 Å². The van der Waals surface area contributed by atoms with Gasteiger partial charge < -0.3 is 25.0 Å². The van der Waals surface area contributed by atoms with Gasteiger partial charge in [0.15, 0.2) is 5.65 Å². The minimum Gasteiger partial charge on any atom is -0.390 e. The Bertz CT molecular complexity index is 1240. The zero-order valence-electron chi connectivity index (χ0n) is 19.3. The van der Waals surface area contributed by atoms with Crippen molar-refractivity contribution < 1.29 is 19.4 Å². The van der Waals surface area contributed by atoms with Gasteiger partial charge in [0.2, 0.25) is 0 Å². The summed E-state index contributed by atoms with van der Waals surface area (Å²) in [7, 11) is 0. The molecule has 178 valence electrons. The Hall–Kier alpha value is -3.50. The smallest absolute Gasteiger partial charge is 0.261 e. The molecule has 2 aromatic heterocycles. The van der Waals surface area contributed by atoms with E-state index in [1.165, 1.54) is 6.20 Å². The summed E-state index contributed by atoms with van der Waals surface area (Å²) in [6.45, 7) is 6.85. The number of carbonyl (C=O) groups excluding carboxylic acids is 2. The predicted molar refractivity (Wildman–Crippen MR) is 126 cm³/mol. The second kappa shape index (κ2) is 8.69. The molecule has 2 N–H and O–H groups in total. The molecule has 0 unspecified atom stereocenters. The molecule has 0 bridgehead atoms. The highest BCUT2D eigenvalue weighted by atomic mass is 16.5. The van der Waals surface area contributed by atoms with Crippen molar-refractivity contribution in [2.45, 2.75) is 32.4 Å². The highest BCUT2D eigenvalue weighted by molar-refractivity contribution is 6.10. The van der Waals surface area contributed by atoms with Crippen LogP contribution < -0.4 is 10.2 Å². The maximum atomic E-state index is 13.2. The fourth-order valence-electron chi connectivity index (χ4n) is 4.34. The van der Waals surface area contributed by atoms with Crippen molar-refractivity contribution in [3.05, 3.63) is 53.5 Å². The van der Waals surface area contributed by atoms with E-state index in [9.17, 15) is 14.7 Å². The minimum atomic E-state index is -0.852. The molecule has 1 aromatic carbocycles. The number of benzene rings is 1. The number of carbonyl (C=O) groups is 2. The standard InChI is InChI=1S/C24H28N6O4/c1-24(2,33)4-7-29-15-16-12-19(20(13-17(16)23(29)32)28-8-10-34-11-9-28)27-22(31)18-14-26-30-6-3-5-25-21(18)30/h3,5-6,12-14,33H,4,7-11,15H2,1-2H3,(H,27,31). The number of amides is 2. The minimum absolute atomic E-state index is 0.0570. The van der Waals surface area contributed by atoms with Crippen LogP contribution in [0.4, 0.5) is 11.4 Å². The maximum absolute atomic E-state index is 13.2. The fourth-order valence-corrected chi connectivity index (χ4v) is 4.34. The Balaban J connectivity index is 1.47. The van der Waals surface area contributed by atoms with Crippen LogP contribution in [0.15, 0.2) is 36.8 Å². The van der Waals surface area contributed by atoms with Gasteiger partial charge in [-0.05, 0) is 44.0 Å². The molecule has 0 spiro atoms. The summed E-state index contributed by atoms with van der Waals surface area (Å²) in [5, 5.41) is 17.3. The van der Waals surface area contributed by atoms with Crippen molar-refractivity contribution in [1.29, 1.82) is 0 Å². The number of hydrogen-bond donors (Lipinski definition) is 2. The van der Waals surface area contributed by atoms with Gasteiger partial charge in [0.05, 0.1) is 36.4 Å². The number of aromatic nitrogens is 3. The average molecular weight is 465 g/mol. The average Bonchev–Trinajstić information content (AvgIpc) is 3.38. The van der Waals surface area contributed by atoms with E-state index in [1.54, 1.807) is 41.7 Å². The second-order valence-corrected chi connectivity index (χ2v) is 9.32. The highest BCUT2D eigenvalue weighted by Crippen LogP contribution is 2.35. The van der Waals surface area contributed by atoms with Crippen LogP contribution in [0.25, 0.3) is 5.65 Å². The molecule has 0 radical (unpaired) electrons. The number of hydrogen-bond acceptors (Lipinski definition) is 7. The molecule has 2 aliphatic rings. The van der Waals surface area contributed by atoms with E-state index >= 15 is 0 Å². The van der Waals surface area contributed by atoms with Gasteiger partial charge in [-0.2, -0.15) is 5.10 Å². The van der Waals surface area contributed by atoms with Gasteiger partial charge in [-0.15, -0.1) is 0 Å². The second-order valence-electron chi connectivity index (χ2n) is 9.32. The maximum Gasteiger partial charge on any atom is 0.261 e. The molecule has 4 heterocycles. The van der Waals surface area contributed by atoms with Gasteiger partial charge in [0.1, 0.15) is 5.56 Å². The van der Waals surface area contributed by atoms with Gasteiger partial charge in [0.25, 0.3) is 11.8 Å². The molecule has 3 aromatic rings. The van der Waals surface area contributed by atoms with Crippen molar-refractivity contribution in [2.24, 2.45) is 0 Å². The lowest BCUT2D eigenvalue weighted by Crippen LogP contribution is -2.37.